The number of nitrogens with two attached hydrogens (primary N) is 1. The van der Waals surface area contributed by atoms with E-state index in [2.05, 4.69) is 20.3 Å². The Morgan fingerprint density at radius 1 is 1.11 bits per heavy atom. The van der Waals surface area contributed by atoms with Crippen molar-refractivity contribution in [1.29, 1.82) is 0 Å². The number of anilines is 1. The summed E-state index contributed by atoms with van der Waals surface area (Å²) in [6.45, 7) is 3.03. The van der Waals surface area contributed by atoms with E-state index in [0.717, 1.165) is 37.1 Å². The largest absolute Gasteiger partial charge is 0.358 e. The lowest BCUT2D eigenvalue weighted by atomic mass is 10.1. The van der Waals surface area contributed by atoms with Gasteiger partial charge in [0, 0.05) is 13.2 Å². The molecule has 38 heavy (non-hydrogen) atoms. The van der Waals surface area contributed by atoms with Crippen LogP contribution in [0.3, 0.4) is 0 Å². The zero-order chi connectivity index (χ0) is 26.1. The van der Waals surface area contributed by atoms with Crippen molar-refractivity contribution >= 4 is 27.9 Å². The van der Waals surface area contributed by atoms with Crippen molar-refractivity contribution in [3.8, 4) is 5.69 Å². The Hall–Kier alpha value is -4.15. The first-order valence-corrected chi connectivity index (χ1v) is 13.0. The molecule has 10 nitrogen and oxygen atoms in total. The number of aromatic nitrogens is 6. The van der Waals surface area contributed by atoms with E-state index in [-0.39, 0.29) is 24.4 Å². The average molecular weight is 511 g/mol. The molecule has 2 atom stereocenters. The maximum absolute atomic E-state index is 14.0. The number of nitrogens with zero attached hydrogens (tertiary/aromatic N) is 6. The molecule has 4 heterocycles. The number of hydrogen-bond donors (Lipinski definition) is 2. The normalized spacial score (nSPS) is 16.6. The van der Waals surface area contributed by atoms with Gasteiger partial charge in [-0.05, 0) is 49.4 Å². The van der Waals surface area contributed by atoms with Crippen molar-refractivity contribution < 1.29 is 4.74 Å². The summed E-state index contributed by atoms with van der Waals surface area (Å²) in [6, 6.07) is 14.8. The molecule has 1 fully saturated rings. The van der Waals surface area contributed by atoms with Gasteiger partial charge in [-0.3, -0.25) is 13.9 Å². The van der Waals surface area contributed by atoms with E-state index >= 15 is 0 Å². The zero-order valence-corrected chi connectivity index (χ0v) is 21.2. The van der Waals surface area contributed by atoms with E-state index < -0.39 is 0 Å². The van der Waals surface area contributed by atoms with Crippen molar-refractivity contribution in [3.63, 3.8) is 0 Å². The van der Waals surface area contributed by atoms with E-state index in [1.54, 1.807) is 10.9 Å². The minimum Gasteiger partial charge on any atom is -0.358 e. The zero-order valence-electron chi connectivity index (χ0n) is 21.2. The Labute approximate surface area is 219 Å². The molecular weight excluding hydrogens is 480 g/mol. The third-order valence-electron chi connectivity index (χ3n) is 7.10. The molecule has 1 saturated heterocycles. The summed E-state index contributed by atoms with van der Waals surface area (Å²) in [5, 5.41) is 4.06. The highest BCUT2D eigenvalue weighted by Crippen LogP contribution is 2.30. The van der Waals surface area contributed by atoms with E-state index in [1.807, 2.05) is 60.0 Å². The second-order valence-electron chi connectivity index (χ2n) is 9.43. The Balaban J connectivity index is 1.48. The van der Waals surface area contributed by atoms with Gasteiger partial charge >= 0.3 is 0 Å². The van der Waals surface area contributed by atoms with E-state index in [4.69, 9.17) is 15.5 Å². The maximum Gasteiger partial charge on any atom is 0.266 e. The topological polar surface area (TPSA) is 126 Å². The Morgan fingerprint density at radius 3 is 2.74 bits per heavy atom. The first kappa shape index (κ1) is 24.2. The summed E-state index contributed by atoms with van der Waals surface area (Å²) in [4.78, 5) is 32.7. The van der Waals surface area contributed by atoms with Crippen molar-refractivity contribution in [1.82, 2.24) is 29.1 Å². The van der Waals surface area contributed by atoms with Crippen LogP contribution >= 0.6 is 0 Å². The molecule has 1 aliphatic rings. The highest BCUT2D eigenvalue weighted by molar-refractivity contribution is 5.84. The van der Waals surface area contributed by atoms with Gasteiger partial charge in [-0.15, -0.1) is 0 Å². The second kappa shape index (κ2) is 10.3. The van der Waals surface area contributed by atoms with Crippen LogP contribution < -0.4 is 16.6 Å². The molecule has 5 aromatic rings. The van der Waals surface area contributed by atoms with Crippen LogP contribution in [0.25, 0.3) is 27.8 Å². The lowest BCUT2D eigenvalue weighted by Gasteiger charge is -2.24. The standard InChI is InChI=1S/C28H30N8O2/c1-2-20(33-25-24-27(31-16-30-25)35(17-32-24)22-13-6-7-14-38-22)26-34-21-12-8-9-18(15-29)23(21)28(37)36(26)19-10-4-3-5-11-19/h3-5,8-12,16-17,20,22H,2,6-7,13-15,29H2,1H3,(H,30,31,33)/t20-,22?/m0/s1. The molecule has 10 heteroatoms. The molecule has 1 aliphatic heterocycles. The van der Waals surface area contributed by atoms with Crippen molar-refractivity contribution in [3.05, 3.63) is 82.9 Å². The van der Waals surface area contributed by atoms with Crippen LogP contribution in [0.4, 0.5) is 5.82 Å². The number of imidazole rings is 1. The van der Waals surface area contributed by atoms with Gasteiger partial charge in [-0.1, -0.05) is 37.3 Å². The fraction of sp³-hybridized carbons (Fsp3) is 0.321. The number of nitrogens with one attached hydrogen (secondary N) is 1. The molecule has 0 amide bonds. The summed E-state index contributed by atoms with van der Waals surface area (Å²) < 4.78 is 9.62. The highest BCUT2D eigenvalue weighted by atomic mass is 16.5. The molecule has 1 unspecified atom stereocenters. The molecule has 0 bridgehead atoms. The number of para-hydroxylation sites is 1. The number of benzene rings is 2. The van der Waals surface area contributed by atoms with Crippen LogP contribution in [0.2, 0.25) is 0 Å². The predicted octanol–water partition coefficient (Wildman–Crippen LogP) is 4.25. The van der Waals surface area contributed by atoms with Gasteiger partial charge in [-0.2, -0.15) is 0 Å². The van der Waals surface area contributed by atoms with E-state index in [0.29, 0.717) is 40.1 Å². The van der Waals surface area contributed by atoms with Gasteiger partial charge in [0.1, 0.15) is 18.4 Å². The first-order valence-electron chi connectivity index (χ1n) is 13.0. The summed E-state index contributed by atoms with van der Waals surface area (Å²) in [5.41, 5.74) is 9.33. The fourth-order valence-corrected chi connectivity index (χ4v) is 5.17. The van der Waals surface area contributed by atoms with Crippen LogP contribution in [-0.2, 0) is 11.3 Å². The Kier molecular flexibility index (Phi) is 6.57. The number of ether oxygens (including phenoxy) is 1. The predicted molar refractivity (Wildman–Crippen MR) is 146 cm³/mol. The lowest BCUT2D eigenvalue weighted by molar-refractivity contribution is -0.0298. The Morgan fingerprint density at radius 2 is 1.97 bits per heavy atom. The molecule has 6 rings (SSSR count). The van der Waals surface area contributed by atoms with Crippen molar-refractivity contribution in [2.75, 3.05) is 11.9 Å². The van der Waals surface area contributed by atoms with Crippen LogP contribution in [0.5, 0.6) is 0 Å². The van der Waals surface area contributed by atoms with Gasteiger partial charge in [0.25, 0.3) is 5.56 Å². The first-order chi connectivity index (χ1) is 18.7. The Bertz CT molecular complexity index is 1640. The molecule has 0 aliphatic carbocycles. The average Bonchev–Trinajstić information content (AvgIpc) is 3.41. The van der Waals surface area contributed by atoms with Gasteiger partial charge in [0.05, 0.1) is 29.0 Å². The summed E-state index contributed by atoms with van der Waals surface area (Å²) in [6.07, 6.45) is 6.96. The van der Waals surface area contributed by atoms with E-state index in [1.165, 1.54) is 6.33 Å². The molecule has 0 spiro atoms. The van der Waals surface area contributed by atoms with Gasteiger partial charge in [0.15, 0.2) is 17.0 Å². The molecule has 3 N–H and O–H groups in total. The third-order valence-corrected chi connectivity index (χ3v) is 7.10. The molecule has 0 radical (unpaired) electrons. The monoisotopic (exact) mass is 510 g/mol. The third kappa shape index (κ3) is 4.21. The number of hydrogen-bond acceptors (Lipinski definition) is 8. The van der Waals surface area contributed by atoms with Gasteiger partial charge in [-0.25, -0.2) is 19.9 Å². The SMILES string of the molecule is CC[C@H](Nc1ncnc2c1ncn2C1CCCCO1)c1nc2cccc(CN)c2c(=O)n1-c1ccccc1. The molecular formula is C28H30N8O2. The molecule has 194 valence electrons. The quantitative estimate of drug-likeness (QED) is 0.333. The van der Waals surface area contributed by atoms with Crippen molar-refractivity contribution in [2.45, 2.75) is 51.4 Å². The van der Waals surface area contributed by atoms with Gasteiger partial charge < -0.3 is 15.8 Å². The summed E-state index contributed by atoms with van der Waals surface area (Å²) >= 11 is 0. The smallest absolute Gasteiger partial charge is 0.266 e. The van der Waals surface area contributed by atoms with Crippen LogP contribution in [0.15, 0.2) is 66.0 Å². The number of rotatable bonds is 7. The lowest BCUT2D eigenvalue weighted by Crippen LogP contribution is -2.29. The maximum atomic E-state index is 14.0. The van der Waals surface area contributed by atoms with E-state index in [9.17, 15) is 4.79 Å². The second-order valence-corrected chi connectivity index (χ2v) is 9.43. The van der Waals surface area contributed by atoms with Gasteiger partial charge in [0.2, 0.25) is 0 Å². The molecule has 3 aromatic heterocycles. The van der Waals surface area contributed by atoms with Crippen molar-refractivity contribution in [2.24, 2.45) is 5.73 Å². The highest BCUT2D eigenvalue weighted by Gasteiger charge is 2.24. The van der Waals surface area contributed by atoms with Crippen LogP contribution in [0, 0.1) is 0 Å². The fourth-order valence-electron chi connectivity index (χ4n) is 5.17. The molecule has 0 saturated carbocycles. The summed E-state index contributed by atoms with van der Waals surface area (Å²) in [5.74, 6) is 1.17. The van der Waals surface area contributed by atoms with Crippen LogP contribution in [-0.4, -0.2) is 35.7 Å². The number of fused-ring (bicyclic) bond motifs is 2. The molecule has 2 aromatic carbocycles. The van der Waals surface area contributed by atoms with Crippen LogP contribution in [0.1, 0.15) is 56.3 Å². The summed E-state index contributed by atoms with van der Waals surface area (Å²) in [7, 11) is 0. The minimum absolute atomic E-state index is 0.0828. The minimum atomic E-state index is -0.331.